The van der Waals surface area contributed by atoms with Crippen LogP contribution in [-0.2, 0) is 4.74 Å². The van der Waals surface area contributed by atoms with Gasteiger partial charge in [0.1, 0.15) is 0 Å². The molecule has 5 nitrogen and oxygen atoms in total. The van der Waals surface area contributed by atoms with Crippen LogP contribution in [0.5, 0.6) is 0 Å². The maximum atomic E-state index is 11.7. The Morgan fingerprint density at radius 1 is 1.21 bits per heavy atom. The summed E-state index contributed by atoms with van der Waals surface area (Å²) in [5, 5.41) is 3.40. The number of ether oxygens (including phenoxy) is 1. The van der Waals surface area contributed by atoms with Gasteiger partial charge in [0.05, 0.1) is 6.61 Å². The molecular formula is C13H26ClN3O2. The van der Waals surface area contributed by atoms with E-state index in [2.05, 4.69) is 10.2 Å². The molecule has 2 saturated heterocycles. The SMILES string of the molecule is CCOC(=O)N1CCCN(C2CCNCC2)CC1.Cl. The summed E-state index contributed by atoms with van der Waals surface area (Å²) in [6, 6.07) is 0.702. The molecule has 0 saturated carbocycles. The number of nitrogens with one attached hydrogen (secondary N) is 1. The molecule has 0 aromatic carbocycles. The van der Waals surface area contributed by atoms with Crippen molar-refractivity contribution in [2.75, 3.05) is 45.9 Å². The van der Waals surface area contributed by atoms with Gasteiger partial charge in [-0.2, -0.15) is 0 Å². The molecule has 6 heteroatoms. The molecule has 2 aliphatic heterocycles. The van der Waals surface area contributed by atoms with E-state index in [1.165, 1.54) is 12.8 Å². The van der Waals surface area contributed by atoms with Gasteiger partial charge in [0.25, 0.3) is 0 Å². The highest BCUT2D eigenvalue weighted by Crippen LogP contribution is 2.15. The molecule has 2 aliphatic rings. The fourth-order valence-electron chi connectivity index (χ4n) is 2.87. The minimum atomic E-state index is -0.148. The number of carbonyl (C=O) groups is 1. The van der Waals surface area contributed by atoms with Crippen molar-refractivity contribution in [1.29, 1.82) is 0 Å². The lowest BCUT2D eigenvalue weighted by Gasteiger charge is -2.33. The van der Waals surface area contributed by atoms with Gasteiger partial charge < -0.3 is 15.0 Å². The van der Waals surface area contributed by atoms with Crippen LogP contribution >= 0.6 is 12.4 Å². The Hall–Kier alpha value is -0.520. The first-order chi connectivity index (χ1) is 8.81. The van der Waals surface area contributed by atoms with Gasteiger partial charge in [-0.25, -0.2) is 4.79 Å². The summed E-state index contributed by atoms with van der Waals surface area (Å²) >= 11 is 0. The van der Waals surface area contributed by atoms with Crippen LogP contribution in [0.3, 0.4) is 0 Å². The van der Waals surface area contributed by atoms with E-state index in [9.17, 15) is 4.79 Å². The monoisotopic (exact) mass is 291 g/mol. The second kappa shape index (κ2) is 8.61. The number of amides is 1. The Morgan fingerprint density at radius 2 is 1.95 bits per heavy atom. The van der Waals surface area contributed by atoms with Crippen molar-refractivity contribution in [2.24, 2.45) is 0 Å². The zero-order chi connectivity index (χ0) is 12.8. The predicted molar refractivity (Wildman–Crippen MR) is 77.9 cm³/mol. The van der Waals surface area contributed by atoms with Crippen molar-refractivity contribution >= 4 is 18.5 Å². The van der Waals surface area contributed by atoms with Gasteiger partial charge in [0, 0.05) is 32.2 Å². The summed E-state index contributed by atoms with van der Waals surface area (Å²) in [4.78, 5) is 16.1. The molecule has 19 heavy (non-hydrogen) atoms. The molecule has 0 aromatic rings. The summed E-state index contributed by atoms with van der Waals surface area (Å²) < 4.78 is 5.08. The van der Waals surface area contributed by atoms with Crippen molar-refractivity contribution in [2.45, 2.75) is 32.2 Å². The molecule has 2 rings (SSSR count). The van der Waals surface area contributed by atoms with E-state index in [0.717, 1.165) is 45.7 Å². The number of hydrogen-bond acceptors (Lipinski definition) is 4. The molecule has 0 radical (unpaired) electrons. The number of hydrogen-bond donors (Lipinski definition) is 1. The molecule has 0 atom stereocenters. The molecule has 0 bridgehead atoms. The van der Waals surface area contributed by atoms with Crippen LogP contribution in [0.1, 0.15) is 26.2 Å². The maximum Gasteiger partial charge on any atom is 0.409 e. The third kappa shape index (κ3) is 4.82. The van der Waals surface area contributed by atoms with E-state index in [0.29, 0.717) is 12.6 Å². The van der Waals surface area contributed by atoms with Crippen LogP contribution in [0.2, 0.25) is 0 Å². The number of piperidine rings is 1. The highest BCUT2D eigenvalue weighted by atomic mass is 35.5. The lowest BCUT2D eigenvalue weighted by molar-refractivity contribution is 0.106. The summed E-state index contributed by atoms with van der Waals surface area (Å²) in [7, 11) is 0. The Morgan fingerprint density at radius 3 is 2.63 bits per heavy atom. The highest BCUT2D eigenvalue weighted by Gasteiger charge is 2.25. The number of carbonyl (C=O) groups excluding carboxylic acids is 1. The van der Waals surface area contributed by atoms with Crippen LogP contribution < -0.4 is 5.32 Å². The van der Waals surface area contributed by atoms with E-state index < -0.39 is 0 Å². The molecule has 0 unspecified atom stereocenters. The topological polar surface area (TPSA) is 44.8 Å². The third-order valence-corrected chi connectivity index (χ3v) is 3.88. The molecular weight excluding hydrogens is 266 g/mol. The number of rotatable bonds is 2. The first kappa shape index (κ1) is 16.5. The predicted octanol–water partition coefficient (Wildman–Crippen LogP) is 1.32. The first-order valence-electron chi connectivity index (χ1n) is 7.17. The number of halogens is 1. The molecule has 0 aromatic heterocycles. The van der Waals surface area contributed by atoms with E-state index >= 15 is 0 Å². The van der Waals surface area contributed by atoms with E-state index in [4.69, 9.17) is 4.74 Å². The Labute approximate surface area is 122 Å². The Kier molecular flexibility index (Phi) is 7.49. The maximum absolute atomic E-state index is 11.7. The van der Waals surface area contributed by atoms with Crippen LogP contribution in [0.4, 0.5) is 4.79 Å². The summed E-state index contributed by atoms with van der Waals surface area (Å²) in [5.41, 5.74) is 0. The fourth-order valence-corrected chi connectivity index (χ4v) is 2.87. The second-order valence-electron chi connectivity index (χ2n) is 5.06. The molecule has 112 valence electrons. The van der Waals surface area contributed by atoms with Gasteiger partial charge >= 0.3 is 6.09 Å². The standard InChI is InChI=1S/C13H25N3O2.ClH/c1-2-18-13(17)16-9-3-8-15(10-11-16)12-4-6-14-7-5-12;/h12,14H,2-11H2,1H3;1H. The van der Waals surface area contributed by atoms with Gasteiger partial charge in [0.2, 0.25) is 0 Å². The average molecular weight is 292 g/mol. The van der Waals surface area contributed by atoms with Crippen LogP contribution in [0, 0.1) is 0 Å². The number of nitrogens with zero attached hydrogens (tertiary/aromatic N) is 2. The molecule has 1 amide bonds. The normalized spacial score (nSPS) is 22.5. The minimum Gasteiger partial charge on any atom is -0.450 e. The van der Waals surface area contributed by atoms with Crippen molar-refractivity contribution in [3.05, 3.63) is 0 Å². The molecule has 2 fully saturated rings. The van der Waals surface area contributed by atoms with Gasteiger partial charge in [-0.05, 0) is 39.3 Å². The Bertz CT molecular complexity index is 273. The van der Waals surface area contributed by atoms with Crippen molar-refractivity contribution in [3.63, 3.8) is 0 Å². The average Bonchev–Trinajstić information content (AvgIpc) is 2.66. The van der Waals surface area contributed by atoms with Gasteiger partial charge in [-0.15, -0.1) is 12.4 Å². The minimum absolute atomic E-state index is 0. The van der Waals surface area contributed by atoms with E-state index in [1.807, 2.05) is 11.8 Å². The zero-order valence-corrected chi connectivity index (χ0v) is 12.6. The van der Waals surface area contributed by atoms with Crippen LogP contribution in [0.25, 0.3) is 0 Å². The first-order valence-corrected chi connectivity index (χ1v) is 7.17. The zero-order valence-electron chi connectivity index (χ0n) is 11.8. The van der Waals surface area contributed by atoms with Gasteiger partial charge in [-0.1, -0.05) is 0 Å². The van der Waals surface area contributed by atoms with Gasteiger partial charge in [0.15, 0.2) is 0 Å². The lowest BCUT2D eigenvalue weighted by Crippen LogP contribution is -2.45. The fraction of sp³-hybridized carbons (Fsp3) is 0.923. The molecule has 2 heterocycles. The second-order valence-corrected chi connectivity index (χ2v) is 5.06. The largest absolute Gasteiger partial charge is 0.450 e. The smallest absolute Gasteiger partial charge is 0.409 e. The summed E-state index contributed by atoms with van der Waals surface area (Å²) in [6.45, 7) is 8.32. The molecule has 1 N–H and O–H groups in total. The van der Waals surface area contributed by atoms with Crippen LogP contribution in [-0.4, -0.2) is 67.8 Å². The van der Waals surface area contributed by atoms with Gasteiger partial charge in [-0.3, -0.25) is 4.90 Å². The third-order valence-electron chi connectivity index (χ3n) is 3.88. The van der Waals surface area contributed by atoms with E-state index in [-0.39, 0.29) is 18.5 Å². The highest BCUT2D eigenvalue weighted by molar-refractivity contribution is 5.85. The quantitative estimate of drug-likeness (QED) is 0.834. The van der Waals surface area contributed by atoms with Crippen molar-refractivity contribution in [3.8, 4) is 0 Å². The molecule has 0 aliphatic carbocycles. The lowest BCUT2D eigenvalue weighted by atomic mass is 10.0. The van der Waals surface area contributed by atoms with Crippen LogP contribution in [0.15, 0.2) is 0 Å². The van der Waals surface area contributed by atoms with Crippen molar-refractivity contribution < 1.29 is 9.53 Å². The molecule has 0 spiro atoms. The summed E-state index contributed by atoms with van der Waals surface area (Å²) in [6.07, 6.45) is 3.38. The Balaban J connectivity index is 0.00000180. The van der Waals surface area contributed by atoms with E-state index in [1.54, 1.807) is 0 Å². The summed E-state index contributed by atoms with van der Waals surface area (Å²) in [5.74, 6) is 0. The van der Waals surface area contributed by atoms with Crippen molar-refractivity contribution in [1.82, 2.24) is 15.1 Å².